The minimum atomic E-state index is -0.328. The van der Waals surface area contributed by atoms with Crippen LogP contribution in [0.15, 0.2) is 6.20 Å². The van der Waals surface area contributed by atoms with E-state index >= 15 is 0 Å². The predicted molar refractivity (Wildman–Crippen MR) is 61.5 cm³/mol. The van der Waals surface area contributed by atoms with Gasteiger partial charge in [0, 0.05) is 13.7 Å². The van der Waals surface area contributed by atoms with Crippen molar-refractivity contribution in [3.05, 3.63) is 17.5 Å². The highest BCUT2D eigenvalue weighted by atomic mass is 16.5. The molecule has 1 aromatic heterocycles. The van der Waals surface area contributed by atoms with E-state index in [0.717, 1.165) is 12.3 Å². The molecule has 0 spiro atoms. The van der Waals surface area contributed by atoms with Crippen LogP contribution in [0.2, 0.25) is 0 Å². The van der Waals surface area contributed by atoms with Gasteiger partial charge in [-0.3, -0.25) is 4.68 Å². The van der Waals surface area contributed by atoms with E-state index in [-0.39, 0.29) is 5.97 Å². The fourth-order valence-electron chi connectivity index (χ4n) is 1.62. The van der Waals surface area contributed by atoms with Crippen LogP contribution in [-0.4, -0.2) is 29.0 Å². The van der Waals surface area contributed by atoms with Crippen molar-refractivity contribution in [3.8, 4) is 0 Å². The number of hydrogen-bond acceptors (Lipinski definition) is 4. The third-order valence-corrected chi connectivity index (χ3v) is 2.85. The van der Waals surface area contributed by atoms with Gasteiger partial charge in [0.25, 0.3) is 0 Å². The van der Waals surface area contributed by atoms with Crippen molar-refractivity contribution in [2.45, 2.75) is 26.4 Å². The Morgan fingerprint density at radius 3 is 3.00 bits per heavy atom. The molecule has 0 radical (unpaired) electrons. The first-order valence-corrected chi connectivity index (χ1v) is 5.98. The van der Waals surface area contributed by atoms with Crippen molar-refractivity contribution in [1.29, 1.82) is 0 Å². The fourth-order valence-corrected chi connectivity index (χ4v) is 1.62. The molecule has 1 aliphatic rings. The van der Waals surface area contributed by atoms with Gasteiger partial charge in [-0.25, -0.2) is 4.79 Å². The van der Waals surface area contributed by atoms with E-state index in [1.54, 1.807) is 18.7 Å². The van der Waals surface area contributed by atoms with Crippen LogP contribution < -0.4 is 0 Å². The zero-order valence-electron chi connectivity index (χ0n) is 10.3. The summed E-state index contributed by atoms with van der Waals surface area (Å²) in [6.07, 6.45) is 4.06. The largest absolute Gasteiger partial charge is 0.462 e. The van der Waals surface area contributed by atoms with Gasteiger partial charge in [-0.1, -0.05) is 0 Å². The normalized spacial score (nSPS) is 14.9. The highest BCUT2D eigenvalue weighted by Gasteiger charge is 2.22. The molecule has 0 aromatic carbocycles. The summed E-state index contributed by atoms with van der Waals surface area (Å²) in [6.45, 7) is 3.35. The predicted octanol–water partition coefficient (Wildman–Crippen LogP) is 1.52. The Hall–Kier alpha value is -1.36. The number of rotatable bonds is 6. The van der Waals surface area contributed by atoms with Crippen molar-refractivity contribution in [2.75, 3.05) is 13.2 Å². The Labute approximate surface area is 101 Å². The molecule has 0 bridgehead atoms. The van der Waals surface area contributed by atoms with Crippen LogP contribution in [-0.2, 0) is 23.1 Å². The average molecular weight is 238 g/mol. The van der Waals surface area contributed by atoms with Gasteiger partial charge < -0.3 is 9.47 Å². The lowest BCUT2D eigenvalue weighted by atomic mass is 10.2. The van der Waals surface area contributed by atoms with E-state index in [2.05, 4.69) is 5.10 Å². The molecule has 1 aromatic rings. The van der Waals surface area contributed by atoms with Crippen LogP contribution >= 0.6 is 0 Å². The van der Waals surface area contributed by atoms with Crippen molar-refractivity contribution < 1.29 is 14.3 Å². The van der Waals surface area contributed by atoms with Crippen molar-refractivity contribution in [3.63, 3.8) is 0 Å². The highest BCUT2D eigenvalue weighted by Crippen LogP contribution is 2.29. The van der Waals surface area contributed by atoms with Crippen LogP contribution in [0.3, 0.4) is 0 Å². The van der Waals surface area contributed by atoms with Crippen LogP contribution in [0.1, 0.15) is 35.8 Å². The third-order valence-electron chi connectivity index (χ3n) is 2.85. The Balaban J connectivity index is 1.97. The smallest absolute Gasteiger partial charge is 0.341 e. The molecular weight excluding hydrogens is 220 g/mol. The van der Waals surface area contributed by atoms with Gasteiger partial charge >= 0.3 is 5.97 Å². The number of esters is 1. The number of carbonyl (C=O) groups excluding carboxylic acids is 1. The summed E-state index contributed by atoms with van der Waals surface area (Å²) in [6, 6.07) is 0. The molecule has 94 valence electrons. The number of nitrogens with zero attached hydrogens (tertiary/aromatic N) is 2. The first-order chi connectivity index (χ1) is 8.22. The molecule has 0 N–H and O–H groups in total. The lowest BCUT2D eigenvalue weighted by Crippen LogP contribution is -2.10. The highest BCUT2D eigenvalue weighted by molar-refractivity contribution is 5.90. The minimum Gasteiger partial charge on any atom is -0.462 e. The lowest BCUT2D eigenvalue weighted by Gasteiger charge is -2.06. The number of carbonyl (C=O) groups is 1. The Morgan fingerprint density at radius 2 is 2.35 bits per heavy atom. The van der Waals surface area contributed by atoms with Gasteiger partial charge in [0.1, 0.15) is 5.56 Å². The maximum Gasteiger partial charge on any atom is 0.341 e. The molecule has 17 heavy (non-hydrogen) atoms. The second-order valence-electron chi connectivity index (χ2n) is 4.31. The average Bonchev–Trinajstić information content (AvgIpc) is 3.04. The maximum atomic E-state index is 11.7. The van der Waals surface area contributed by atoms with Gasteiger partial charge in [-0.15, -0.1) is 0 Å². The molecule has 0 amide bonds. The van der Waals surface area contributed by atoms with Crippen molar-refractivity contribution in [1.82, 2.24) is 9.78 Å². The molecule has 0 unspecified atom stereocenters. The molecule has 1 fully saturated rings. The molecule has 0 saturated heterocycles. The summed E-state index contributed by atoms with van der Waals surface area (Å²) >= 11 is 0. The molecule has 5 nitrogen and oxygen atoms in total. The van der Waals surface area contributed by atoms with Crippen LogP contribution in [0, 0.1) is 5.92 Å². The van der Waals surface area contributed by atoms with E-state index < -0.39 is 0 Å². The first kappa shape index (κ1) is 12.1. The first-order valence-electron chi connectivity index (χ1n) is 5.98. The molecule has 1 saturated carbocycles. The Morgan fingerprint density at radius 1 is 1.59 bits per heavy atom. The summed E-state index contributed by atoms with van der Waals surface area (Å²) < 4.78 is 12.2. The zero-order valence-corrected chi connectivity index (χ0v) is 10.3. The van der Waals surface area contributed by atoms with E-state index in [0.29, 0.717) is 24.7 Å². The molecule has 0 atom stereocenters. The van der Waals surface area contributed by atoms with Gasteiger partial charge in [0.05, 0.1) is 25.1 Å². The number of hydrogen-bond donors (Lipinski definition) is 0. The summed E-state index contributed by atoms with van der Waals surface area (Å²) in [5, 5.41) is 4.07. The van der Waals surface area contributed by atoms with Gasteiger partial charge in [0.2, 0.25) is 0 Å². The minimum absolute atomic E-state index is 0.328. The van der Waals surface area contributed by atoms with Crippen molar-refractivity contribution >= 4 is 5.97 Å². The summed E-state index contributed by atoms with van der Waals surface area (Å²) in [5.41, 5.74) is 1.29. The van der Waals surface area contributed by atoms with Crippen LogP contribution in [0.5, 0.6) is 0 Å². The third kappa shape index (κ3) is 3.06. The number of aryl methyl sites for hydroxylation is 1. The molecule has 2 rings (SSSR count). The van der Waals surface area contributed by atoms with E-state index in [4.69, 9.17) is 9.47 Å². The number of ether oxygens (including phenoxy) is 2. The SMILES string of the molecule is CCOC(=O)c1cnn(C)c1COCC1CC1. The summed E-state index contributed by atoms with van der Waals surface area (Å²) in [7, 11) is 1.80. The Kier molecular flexibility index (Phi) is 3.78. The topological polar surface area (TPSA) is 53.3 Å². The molecule has 1 aliphatic carbocycles. The molecule has 5 heteroatoms. The van der Waals surface area contributed by atoms with E-state index in [1.165, 1.54) is 19.0 Å². The van der Waals surface area contributed by atoms with Crippen LogP contribution in [0.4, 0.5) is 0 Å². The maximum absolute atomic E-state index is 11.7. The van der Waals surface area contributed by atoms with Gasteiger partial charge in [-0.2, -0.15) is 5.10 Å². The molecular formula is C12H18N2O3. The monoisotopic (exact) mass is 238 g/mol. The second kappa shape index (κ2) is 5.31. The number of aromatic nitrogens is 2. The second-order valence-corrected chi connectivity index (χ2v) is 4.31. The summed E-state index contributed by atoms with van der Waals surface area (Å²) in [4.78, 5) is 11.7. The fraction of sp³-hybridized carbons (Fsp3) is 0.667. The van der Waals surface area contributed by atoms with E-state index in [9.17, 15) is 4.79 Å². The van der Waals surface area contributed by atoms with E-state index in [1.807, 2.05) is 0 Å². The van der Waals surface area contributed by atoms with Crippen LogP contribution in [0.25, 0.3) is 0 Å². The molecule has 1 heterocycles. The van der Waals surface area contributed by atoms with Crippen molar-refractivity contribution in [2.24, 2.45) is 13.0 Å². The summed E-state index contributed by atoms with van der Waals surface area (Å²) in [5.74, 6) is 0.389. The Bertz CT molecular complexity index is 396. The lowest BCUT2D eigenvalue weighted by molar-refractivity contribution is 0.0516. The van der Waals surface area contributed by atoms with Gasteiger partial charge in [-0.05, 0) is 25.7 Å². The standard InChI is InChI=1S/C12H18N2O3/c1-3-17-12(15)10-6-13-14(2)11(10)8-16-7-9-4-5-9/h6,9H,3-5,7-8H2,1-2H3. The van der Waals surface area contributed by atoms with Gasteiger partial charge in [0.15, 0.2) is 0 Å². The molecule has 0 aliphatic heterocycles. The zero-order chi connectivity index (χ0) is 12.3. The quantitative estimate of drug-likeness (QED) is 0.705.